The summed E-state index contributed by atoms with van der Waals surface area (Å²) in [5.41, 5.74) is 1.02. The third-order valence-corrected chi connectivity index (χ3v) is 3.25. The van der Waals surface area contributed by atoms with Gasteiger partial charge in [0.05, 0.1) is 12.2 Å². The van der Waals surface area contributed by atoms with Gasteiger partial charge in [-0.3, -0.25) is 9.78 Å². The minimum atomic E-state index is -4.41. The summed E-state index contributed by atoms with van der Waals surface area (Å²) in [5, 5.41) is 0. The molecule has 0 saturated carbocycles. The lowest BCUT2D eigenvalue weighted by Gasteiger charge is -2.12. The summed E-state index contributed by atoms with van der Waals surface area (Å²) in [4.78, 5) is 14.8. The zero-order chi connectivity index (χ0) is 17.6. The highest BCUT2D eigenvalue weighted by molar-refractivity contribution is 5.79. The van der Waals surface area contributed by atoms with Gasteiger partial charge in [-0.25, -0.2) is 0 Å². The van der Waals surface area contributed by atoms with Gasteiger partial charge in [-0.2, -0.15) is 13.2 Å². The maximum atomic E-state index is 12.9. The third-order valence-electron chi connectivity index (χ3n) is 3.25. The van der Waals surface area contributed by atoms with Crippen molar-refractivity contribution in [3.63, 3.8) is 0 Å². The Morgan fingerprint density at radius 1 is 1.21 bits per heavy atom. The molecule has 24 heavy (non-hydrogen) atoms. The smallest absolute Gasteiger partial charge is 0.416 e. The van der Waals surface area contributed by atoms with Gasteiger partial charge in [-0.15, -0.1) is 0 Å². The van der Waals surface area contributed by atoms with Crippen molar-refractivity contribution in [1.29, 1.82) is 0 Å². The number of alkyl halides is 3. The van der Waals surface area contributed by atoms with Crippen LogP contribution < -0.4 is 0 Å². The molecule has 1 aromatic carbocycles. The van der Waals surface area contributed by atoms with E-state index in [4.69, 9.17) is 4.74 Å². The second-order valence-electron chi connectivity index (χ2n) is 5.07. The van der Waals surface area contributed by atoms with Crippen molar-refractivity contribution in [2.45, 2.75) is 19.5 Å². The van der Waals surface area contributed by atoms with Crippen LogP contribution in [0.3, 0.4) is 0 Å². The summed E-state index contributed by atoms with van der Waals surface area (Å²) in [5.74, 6) is -0.398. The summed E-state index contributed by atoms with van der Waals surface area (Å²) in [6.45, 7) is 1.47. The molecular weight excluding hydrogens is 319 g/mol. The predicted molar refractivity (Wildman–Crippen MR) is 84.0 cm³/mol. The van der Waals surface area contributed by atoms with Crippen LogP contribution in [0.1, 0.15) is 30.0 Å². The summed E-state index contributed by atoms with van der Waals surface area (Å²) in [6, 6.07) is 8.59. The number of ether oxygens (including phenoxy) is 1. The number of nitrogens with zero attached hydrogens (tertiary/aromatic N) is 1. The van der Waals surface area contributed by atoms with Crippen LogP contribution >= 0.6 is 0 Å². The van der Waals surface area contributed by atoms with Gasteiger partial charge in [0.25, 0.3) is 0 Å². The van der Waals surface area contributed by atoms with Gasteiger partial charge >= 0.3 is 12.1 Å². The van der Waals surface area contributed by atoms with E-state index in [-0.39, 0.29) is 6.61 Å². The Hall–Kier alpha value is -2.63. The second-order valence-corrected chi connectivity index (χ2v) is 5.07. The number of halogens is 3. The number of pyridine rings is 1. The molecule has 0 bridgehead atoms. The van der Waals surface area contributed by atoms with Gasteiger partial charge in [0.1, 0.15) is 0 Å². The first-order chi connectivity index (χ1) is 11.4. The SMILES string of the molecule is CC(=O)OCC/C=C(/c1cccnc1)c1cccc(C(F)(F)F)c1. The maximum absolute atomic E-state index is 12.9. The van der Waals surface area contributed by atoms with Gasteiger partial charge in [-0.05, 0) is 29.3 Å². The fourth-order valence-electron chi connectivity index (χ4n) is 2.19. The van der Waals surface area contributed by atoms with E-state index in [9.17, 15) is 18.0 Å². The molecule has 0 fully saturated rings. The fraction of sp³-hybridized carbons (Fsp3) is 0.222. The van der Waals surface area contributed by atoms with Gasteiger partial charge < -0.3 is 4.74 Å². The molecule has 0 unspecified atom stereocenters. The zero-order valence-corrected chi connectivity index (χ0v) is 13.0. The van der Waals surface area contributed by atoms with Crippen LogP contribution in [0.2, 0.25) is 0 Å². The van der Waals surface area contributed by atoms with E-state index in [2.05, 4.69) is 4.98 Å². The van der Waals surface area contributed by atoms with Crippen LogP contribution in [0.4, 0.5) is 13.2 Å². The number of aromatic nitrogens is 1. The van der Waals surface area contributed by atoms with Crippen molar-refractivity contribution < 1.29 is 22.7 Å². The van der Waals surface area contributed by atoms with Crippen LogP contribution in [-0.4, -0.2) is 17.6 Å². The first kappa shape index (κ1) is 17.7. The predicted octanol–water partition coefficient (Wildman–Crippen LogP) is 4.49. The minimum absolute atomic E-state index is 0.165. The van der Waals surface area contributed by atoms with Gasteiger partial charge in [0.15, 0.2) is 0 Å². The van der Waals surface area contributed by atoms with Crippen LogP contribution in [0, 0.1) is 0 Å². The molecule has 1 aromatic heterocycles. The molecule has 1 heterocycles. The summed E-state index contributed by atoms with van der Waals surface area (Å²) in [7, 11) is 0. The van der Waals surface area contributed by atoms with E-state index in [1.807, 2.05) is 0 Å². The number of esters is 1. The highest BCUT2D eigenvalue weighted by Crippen LogP contribution is 2.32. The number of benzene rings is 1. The summed E-state index contributed by atoms with van der Waals surface area (Å²) in [6.07, 6.45) is 0.896. The van der Waals surface area contributed by atoms with E-state index >= 15 is 0 Å². The van der Waals surface area contributed by atoms with Crippen LogP contribution in [0.25, 0.3) is 5.57 Å². The molecule has 0 radical (unpaired) electrons. The van der Waals surface area contributed by atoms with Gasteiger partial charge in [0.2, 0.25) is 0 Å². The monoisotopic (exact) mass is 335 g/mol. The van der Waals surface area contributed by atoms with Gasteiger partial charge in [-0.1, -0.05) is 24.3 Å². The molecule has 0 atom stereocenters. The average molecular weight is 335 g/mol. The van der Waals surface area contributed by atoms with E-state index in [0.717, 1.165) is 12.1 Å². The van der Waals surface area contributed by atoms with Gasteiger partial charge in [0, 0.05) is 31.3 Å². The number of hydrogen-bond acceptors (Lipinski definition) is 3. The molecule has 0 aliphatic rings. The molecular formula is C18H16F3NO2. The normalized spacial score (nSPS) is 12.1. The molecule has 3 nitrogen and oxygen atoms in total. The molecule has 0 amide bonds. The topological polar surface area (TPSA) is 39.2 Å². The molecule has 126 valence electrons. The first-order valence-corrected chi connectivity index (χ1v) is 7.29. The molecule has 0 saturated heterocycles. The number of rotatable bonds is 5. The summed E-state index contributed by atoms with van der Waals surface area (Å²) >= 11 is 0. The van der Waals surface area contributed by atoms with Crippen LogP contribution in [0.5, 0.6) is 0 Å². The van der Waals surface area contributed by atoms with Crippen LogP contribution in [0.15, 0.2) is 54.9 Å². The zero-order valence-electron chi connectivity index (χ0n) is 13.0. The lowest BCUT2D eigenvalue weighted by molar-refractivity contribution is -0.141. The third kappa shape index (κ3) is 4.94. The first-order valence-electron chi connectivity index (χ1n) is 7.29. The Morgan fingerprint density at radius 3 is 2.58 bits per heavy atom. The Labute approximate surface area is 137 Å². The van der Waals surface area contributed by atoms with Crippen molar-refractivity contribution in [2.24, 2.45) is 0 Å². The number of carbonyl (C=O) groups is 1. The molecule has 0 aliphatic heterocycles. The lowest BCUT2D eigenvalue weighted by Crippen LogP contribution is -2.05. The second kappa shape index (κ2) is 7.77. The highest BCUT2D eigenvalue weighted by Gasteiger charge is 2.30. The summed E-state index contributed by atoms with van der Waals surface area (Å²) < 4.78 is 43.7. The largest absolute Gasteiger partial charge is 0.466 e. The van der Waals surface area contributed by atoms with Crippen molar-refractivity contribution in [1.82, 2.24) is 4.98 Å². The van der Waals surface area contributed by atoms with Crippen molar-refractivity contribution >= 4 is 11.5 Å². The van der Waals surface area contributed by atoms with Crippen molar-refractivity contribution in [3.8, 4) is 0 Å². The molecule has 2 rings (SSSR count). The minimum Gasteiger partial charge on any atom is -0.466 e. The number of carbonyl (C=O) groups excluding carboxylic acids is 1. The average Bonchev–Trinajstić information content (AvgIpc) is 2.55. The van der Waals surface area contributed by atoms with E-state index in [1.54, 1.807) is 36.7 Å². The van der Waals surface area contributed by atoms with E-state index in [0.29, 0.717) is 23.1 Å². The Kier molecular flexibility index (Phi) is 5.73. The highest BCUT2D eigenvalue weighted by atomic mass is 19.4. The Balaban J connectivity index is 2.36. The van der Waals surface area contributed by atoms with Crippen molar-refractivity contribution in [3.05, 3.63) is 71.6 Å². The van der Waals surface area contributed by atoms with E-state index in [1.165, 1.54) is 13.0 Å². The molecule has 0 aliphatic carbocycles. The molecule has 6 heteroatoms. The standard InChI is InChI=1S/C18H16F3NO2/c1-13(23)24-10-4-8-17(15-6-3-9-22-12-15)14-5-2-7-16(11-14)18(19,20)21/h2-3,5-9,11-12H,4,10H2,1H3/b17-8+. The molecule has 0 N–H and O–H groups in total. The quantitative estimate of drug-likeness (QED) is 0.597. The molecule has 2 aromatic rings. The Morgan fingerprint density at radius 2 is 1.96 bits per heavy atom. The maximum Gasteiger partial charge on any atom is 0.416 e. The van der Waals surface area contributed by atoms with Crippen LogP contribution in [-0.2, 0) is 15.7 Å². The molecule has 0 spiro atoms. The van der Waals surface area contributed by atoms with Crippen molar-refractivity contribution in [2.75, 3.05) is 6.61 Å². The lowest BCUT2D eigenvalue weighted by atomic mass is 9.96. The Bertz CT molecular complexity index is 725. The number of hydrogen-bond donors (Lipinski definition) is 0. The fourth-order valence-corrected chi connectivity index (χ4v) is 2.19. The van der Waals surface area contributed by atoms with E-state index < -0.39 is 17.7 Å².